The van der Waals surface area contributed by atoms with Gasteiger partial charge in [0, 0.05) is 57.7 Å². The highest BCUT2D eigenvalue weighted by Crippen LogP contribution is 2.23. The highest BCUT2D eigenvalue weighted by molar-refractivity contribution is 5.28. The Hall–Kier alpha value is -2.98. The number of unbranched alkanes of at least 4 members (excludes halogenated alkanes) is 3. The van der Waals surface area contributed by atoms with Crippen molar-refractivity contribution in [3.05, 3.63) is 53.6 Å². The van der Waals surface area contributed by atoms with E-state index >= 15 is 0 Å². The molecule has 2 N–H and O–H groups in total. The lowest BCUT2D eigenvalue weighted by molar-refractivity contribution is -0.145. The molecular formula is C33H55N7O7. The second kappa shape index (κ2) is 25.1. The molecule has 47 heavy (non-hydrogen) atoms. The van der Waals surface area contributed by atoms with Crippen LogP contribution in [0.2, 0.25) is 0 Å². The third-order valence-corrected chi connectivity index (χ3v) is 7.00. The van der Waals surface area contributed by atoms with Crippen molar-refractivity contribution in [3.8, 4) is 5.75 Å². The first-order valence-corrected chi connectivity index (χ1v) is 16.9. The molecule has 0 saturated carbocycles. The van der Waals surface area contributed by atoms with Gasteiger partial charge in [0.2, 0.25) is 0 Å². The Labute approximate surface area is 279 Å². The molecule has 0 aliphatic rings. The number of ether oxygens (including phenoxy) is 7. The van der Waals surface area contributed by atoms with Crippen LogP contribution in [0.1, 0.15) is 62.3 Å². The fraction of sp³-hybridized carbons (Fsp3) is 0.697. The predicted molar refractivity (Wildman–Crippen MR) is 176 cm³/mol. The molecule has 0 saturated heterocycles. The molecule has 1 atom stereocenters. The van der Waals surface area contributed by atoms with Crippen LogP contribution in [-0.2, 0) is 54.4 Å². The molecule has 0 amide bonds. The Balaban J connectivity index is 1.45. The zero-order chi connectivity index (χ0) is 33.2. The molecule has 0 bridgehead atoms. The second-order valence-corrected chi connectivity index (χ2v) is 11.0. The van der Waals surface area contributed by atoms with Crippen molar-refractivity contribution in [1.82, 2.24) is 30.0 Å². The SMILES string of the molecule is CCCOCCn1cc(CCOC(OCCc2cn(CCOCCN)nn2)c2ccc(OCCCCCCOCCOC)cc2)nn1. The largest absolute Gasteiger partial charge is 0.494 e. The standard InChI is InChI=1S/C33H55N7O7/c1-3-17-42-23-15-39-27-30(35-37-39)12-20-46-33(47-21-13-31-28-40(38-36-31)16-24-44-22-14-34)29-8-10-32(11-9-29)45-19-7-5-4-6-18-43-26-25-41-2/h8-11,27-28,33H,3-7,12-26,34H2,1-2H3. The zero-order valence-corrected chi connectivity index (χ0v) is 28.3. The average Bonchev–Trinajstić information content (AvgIpc) is 3.75. The zero-order valence-electron chi connectivity index (χ0n) is 28.3. The quantitative estimate of drug-likeness (QED) is 0.0824. The molecular weight excluding hydrogens is 606 g/mol. The highest BCUT2D eigenvalue weighted by atomic mass is 16.7. The predicted octanol–water partition coefficient (Wildman–Crippen LogP) is 3.39. The number of hydrogen-bond acceptors (Lipinski definition) is 12. The lowest BCUT2D eigenvalue weighted by Gasteiger charge is -2.19. The van der Waals surface area contributed by atoms with Crippen molar-refractivity contribution in [2.75, 3.05) is 79.7 Å². The van der Waals surface area contributed by atoms with Gasteiger partial charge in [0.25, 0.3) is 0 Å². The van der Waals surface area contributed by atoms with Crippen LogP contribution in [0.25, 0.3) is 0 Å². The van der Waals surface area contributed by atoms with Crippen LogP contribution in [0.4, 0.5) is 0 Å². The van der Waals surface area contributed by atoms with Crippen LogP contribution >= 0.6 is 0 Å². The molecule has 1 unspecified atom stereocenters. The molecule has 14 heteroatoms. The summed E-state index contributed by atoms with van der Waals surface area (Å²) in [5.41, 5.74) is 8.07. The molecule has 3 rings (SSSR count). The van der Waals surface area contributed by atoms with Crippen molar-refractivity contribution >= 4 is 0 Å². The van der Waals surface area contributed by atoms with Gasteiger partial charge in [-0.15, -0.1) is 10.2 Å². The molecule has 0 aliphatic heterocycles. The summed E-state index contributed by atoms with van der Waals surface area (Å²) in [4.78, 5) is 0. The van der Waals surface area contributed by atoms with Crippen LogP contribution in [0, 0.1) is 0 Å². The van der Waals surface area contributed by atoms with E-state index in [9.17, 15) is 0 Å². The third-order valence-electron chi connectivity index (χ3n) is 7.00. The fourth-order valence-corrected chi connectivity index (χ4v) is 4.47. The minimum atomic E-state index is -0.563. The summed E-state index contributed by atoms with van der Waals surface area (Å²) in [6, 6.07) is 7.90. The number of nitrogens with zero attached hydrogens (tertiary/aromatic N) is 6. The van der Waals surface area contributed by atoms with Gasteiger partial charge in [-0.1, -0.05) is 35.9 Å². The molecule has 264 valence electrons. The lowest BCUT2D eigenvalue weighted by atomic mass is 10.2. The first kappa shape index (κ1) is 38.5. The molecule has 0 fully saturated rings. The van der Waals surface area contributed by atoms with Crippen molar-refractivity contribution in [2.45, 2.75) is 71.2 Å². The molecule has 1 aromatic carbocycles. The maximum absolute atomic E-state index is 6.23. The first-order valence-electron chi connectivity index (χ1n) is 16.9. The topological polar surface area (TPSA) is 152 Å². The van der Waals surface area contributed by atoms with Crippen molar-refractivity contribution in [3.63, 3.8) is 0 Å². The summed E-state index contributed by atoms with van der Waals surface area (Å²) < 4.78 is 43.5. The van der Waals surface area contributed by atoms with E-state index in [0.717, 1.165) is 68.0 Å². The number of aromatic nitrogens is 6. The minimum Gasteiger partial charge on any atom is -0.494 e. The van der Waals surface area contributed by atoms with E-state index in [1.807, 2.05) is 36.7 Å². The van der Waals surface area contributed by atoms with E-state index in [4.69, 9.17) is 38.9 Å². The summed E-state index contributed by atoms with van der Waals surface area (Å²) in [7, 11) is 1.68. The van der Waals surface area contributed by atoms with Gasteiger partial charge in [0.05, 0.1) is 77.3 Å². The molecule has 0 spiro atoms. The fourth-order valence-electron chi connectivity index (χ4n) is 4.47. The Morgan fingerprint density at radius 2 is 1.26 bits per heavy atom. The molecule has 2 aromatic heterocycles. The lowest BCUT2D eigenvalue weighted by Crippen LogP contribution is -2.13. The van der Waals surface area contributed by atoms with E-state index in [1.165, 1.54) is 0 Å². The van der Waals surface area contributed by atoms with Crippen molar-refractivity contribution in [1.29, 1.82) is 0 Å². The second-order valence-electron chi connectivity index (χ2n) is 11.0. The summed E-state index contributed by atoms with van der Waals surface area (Å²) in [6.07, 6.45) is 9.75. The average molecular weight is 662 g/mol. The smallest absolute Gasteiger partial charge is 0.183 e. The monoisotopic (exact) mass is 661 g/mol. The van der Waals surface area contributed by atoms with Crippen LogP contribution < -0.4 is 10.5 Å². The summed E-state index contributed by atoms with van der Waals surface area (Å²) in [5.74, 6) is 0.821. The Morgan fingerprint density at radius 1 is 0.660 bits per heavy atom. The molecule has 0 radical (unpaired) electrons. The first-order chi connectivity index (χ1) is 23.2. The maximum Gasteiger partial charge on any atom is 0.183 e. The van der Waals surface area contributed by atoms with Gasteiger partial charge in [-0.3, -0.25) is 0 Å². The Morgan fingerprint density at radius 3 is 1.85 bits per heavy atom. The number of hydrogen-bond donors (Lipinski definition) is 1. The van der Waals surface area contributed by atoms with E-state index in [1.54, 1.807) is 16.5 Å². The van der Waals surface area contributed by atoms with Gasteiger partial charge in [0.1, 0.15) is 5.75 Å². The van der Waals surface area contributed by atoms with Gasteiger partial charge >= 0.3 is 0 Å². The van der Waals surface area contributed by atoms with Crippen LogP contribution in [0.3, 0.4) is 0 Å². The van der Waals surface area contributed by atoms with E-state index < -0.39 is 6.29 Å². The van der Waals surface area contributed by atoms with Gasteiger partial charge in [-0.25, -0.2) is 9.36 Å². The molecule has 14 nitrogen and oxygen atoms in total. The Bertz CT molecular complexity index is 1110. The van der Waals surface area contributed by atoms with Gasteiger partial charge < -0.3 is 38.9 Å². The van der Waals surface area contributed by atoms with E-state index in [2.05, 4.69) is 27.5 Å². The van der Waals surface area contributed by atoms with Crippen LogP contribution in [0.5, 0.6) is 5.75 Å². The maximum atomic E-state index is 6.23. The molecule has 2 heterocycles. The van der Waals surface area contributed by atoms with Crippen LogP contribution in [0.15, 0.2) is 36.7 Å². The number of methoxy groups -OCH3 is 1. The molecule has 3 aromatic rings. The minimum absolute atomic E-state index is 0.413. The van der Waals surface area contributed by atoms with Crippen molar-refractivity contribution < 1.29 is 33.2 Å². The number of benzene rings is 1. The van der Waals surface area contributed by atoms with Gasteiger partial charge in [-0.2, -0.15) is 0 Å². The summed E-state index contributed by atoms with van der Waals surface area (Å²) >= 11 is 0. The summed E-state index contributed by atoms with van der Waals surface area (Å²) in [5, 5.41) is 16.9. The Kier molecular flexibility index (Phi) is 20.5. The number of rotatable bonds is 30. The highest BCUT2D eigenvalue weighted by Gasteiger charge is 2.15. The third kappa shape index (κ3) is 17.1. The van der Waals surface area contributed by atoms with Gasteiger partial charge in [-0.05, 0) is 37.8 Å². The summed E-state index contributed by atoms with van der Waals surface area (Å²) in [6.45, 7) is 9.89. The van der Waals surface area contributed by atoms with Crippen molar-refractivity contribution in [2.24, 2.45) is 5.73 Å². The molecule has 0 aliphatic carbocycles. The normalized spacial score (nSPS) is 12.1. The van der Waals surface area contributed by atoms with Gasteiger partial charge in [0.15, 0.2) is 6.29 Å². The number of nitrogens with two attached hydrogens (primary N) is 1. The van der Waals surface area contributed by atoms with E-state index in [-0.39, 0.29) is 0 Å². The van der Waals surface area contributed by atoms with Crippen LogP contribution in [-0.4, -0.2) is 110 Å². The van der Waals surface area contributed by atoms with E-state index in [0.29, 0.717) is 85.3 Å².